The van der Waals surface area contributed by atoms with Crippen LogP contribution in [0, 0.1) is 6.92 Å². The van der Waals surface area contributed by atoms with Crippen LogP contribution in [0.5, 0.6) is 5.75 Å². The van der Waals surface area contributed by atoms with Crippen LogP contribution in [0.3, 0.4) is 0 Å². The fourth-order valence-electron chi connectivity index (χ4n) is 3.42. The monoisotopic (exact) mass is 422 g/mol. The highest BCUT2D eigenvalue weighted by molar-refractivity contribution is 7.09. The molecule has 0 fully saturated rings. The summed E-state index contributed by atoms with van der Waals surface area (Å²) in [6.45, 7) is 10.1. The Morgan fingerprint density at radius 3 is 2.60 bits per heavy atom. The molecule has 5 heteroatoms. The maximum Gasteiger partial charge on any atom is 0.254 e. The molecule has 0 N–H and O–H groups in total. The topological polar surface area (TPSA) is 42.4 Å². The molecule has 0 aliphatic carbocycles. The Morgan fingerprint density at radius 1 is 1.13 bits per heavy atom. The van der Waals surface area contributed by atoms with Crippen molar-refractivity contribution in [3.63, 3.8) is 0 Å². The van der Waals surface area contributed by atoms with Crippen molar-refractivity contribution >= 4 is 17.2 Å². The number of hydrogen-bond donors (Lipinski definition) is 0. The fraction of sp³-hybridized carbons (Fsp3) is 0.360. The summed E-state index contributed by atoms with van der Waals surface area (Å²) < 4.78 is 6.05. The van der Waals surface area contributed by atoms with Crippen molar-refractivity contribution in [3.8, 4) is 5.75 Å². The molecule has 4 nitrogen and oxygen atoms in total. The Morgan fingerprint density at radius 2 is 1.87 bits per heavy atom. The molecule has 3 rings (SSSR count). The van der Waals surface area contributed by atoms with Crippen LogP contribution in [0.1, 0.15) is 65.3 Å². The zero-order valence-corrected chi connectivity index (χ0v) is 19.0. The summed E-state index contributed by atoms with van der Waals surface area (Å²) in [5, 5.41) is 2.95. The molecule has 0 aliphatic heterocycles. The maximum atomic E-state index is 13.1. The number of carbonyl (C=O) groups is 1. The minimum atomic E-state index is 0.0617. The van der Waals surface area contributed by atoms with E-state index < -0.39 is 0 Å². The number of nitrogens with zero attached hydrogens (tertiary/aromatic N) is 2. The van der Waals surface area contributed by atoms with Crippen molar-refractivity contribution in [3.05, 3.63) is 81.3 Å². The summed E-state index contributed by atoms with van der Waals surface area (Å²) >= 11 is 1.58. The maximum absolute atomic E-state index is 13.1. The lowest BCUT2D eigenvalue weighted by Crippen LogP contribution is -2.32. The van der Waals surface area contributed by atoms with Gasteiger partial charge in [-0.1, -0.05) is 57.2 Å². The van der Waals surface area contributed by atoms with Crippen molar-refractivity contribution in [2.24, 2.45) is 0 Å². The summed E-state index contributed by atoms with van der Waals surface area (Å²) in [5.74, 6) is 1.38. The van der Waals surface area contributed by atoms with E-state index >= 15 is 0 Å². The van der Waals surface area contributed by atoms with Crippen LogP contribution in [0.25, 0.3) is 0 Å². The fourth-order valence-corrected chi connectivity index (χ4v) is 4.11. The van der Waals surface area contributed by atoms with Crippen molar-refractivity contribution in [2.75, 3.05) is 6.54 Å². The predicted octanol–water partition coefficient (Wildman–Crippen LogP) is 6.21. The van der Waals surface area contributed by atoms with E-state index in [1.54, 1.807) is 11.3 Å². The number of thiazole rings is 1. The Hall–Kier alpha value is -2.66. The molecule has 0 radical (unpaired) electrons. The van der Waals surface area contributed by atoms with Crippen molar-refractivity contribution in [1.82, 2.24) is 9.88 Å². The summed E-state index contributed by atoms with van der Waals surface area (Å²) in [7, 11) is 0. The SMILES string of the molecule is CCCN(Cc1csc(COc2ccccc2C(C)C)n1)C(=O)c1ccccc1C. The Balaban J connectivity index is 1.67. The molecule has 0 saturated carbocycles. The number of aryl methyl sites for hydroxylation is 1. The van der Waals surface area contributed by atoms with Gasteiger partial charge in [0.1, 0.15) is 17.4 Å². The molecule has 158 valence electrons. The van der Waals surface area contributed by atoms with Crippen molar-refractivity contribution in [1.29, 1.82) is 0 Å². The number of aromatic nitrogens is 1. The van der Waals surface area contributed by atoms with Crippen molar-refractivity contribution in [2.45, 2.75) is 53.2 Å². The van der Waals surface area contributed by atoms with E-state index in [0.29, 0.717) is 25.6 Å². The third-order valence-corrected chi connectivity index (χ3v) is 5.87. The lowest BCUT2D eigenvalue weighted by Gasteiger charge is -2.22. The van der Waals surface area contributed by atoms with E-state index in [4.69, 9.17) is 9.72 Å². The van der Waals surface area contributed by atoms with E-state index in [0.717, 1.165) is 34.0 Å². The first-order valence-corrected chi connectivity index (χ1v) is 11.4. The normalized spacial score (nSPS) is 11.0. The standard InChI is InChI=1S/C25H30N2O2S/c1-5-14-27(25(28)22-12-7-6-10-19(22)4)15-20-17-30-24(26-20)16-29-23-13-9-8-11-21(23)18(2)3/h6-13,17-18H,5,14-16H2,1-4H3. The lowest BCUT2D eigenvalue weighted by molar-refractivity contribution is 0.0740. The van der Waals surface area contributed by atoms with E-state index in [1.807, 2.05) is 59.7 Å². The van der Waals surface area contributed by atoms with Crippen LogP contribution < -0.4 is 4.74 Å². The molecule has 0 bridgehead atoms. The molecule has 2 aromatic carbocycles. The number of para-hydroxylation sites is 1. The third-order valence-electron chi connectivity index (χ3n) is 5.00. The second kappa shape index (κ2) is 10.4. The van der Waals surface area contributed by atoms with Crippen molar-refractivity contribution < 1.29 is 9.53 Å². The van der Waals surface area contributed by atoms with Gasteiger partial charge in [-0.25, -0.2) is 4.98 Å². The quantitative estimate of drug-likeness (QED) is 0.412. The number of rotatable bonds is 9. The first-order valence-electron chi connectivity index (χ1n) is 10.5. The van der Waals surface area contributed by atoms with Crippen LogP contribution in [-0.4, -0.2) is 22.3 Å². The number of hydrogen-bond acceptors (Lipinski definition) is 4. The summed E-state index contributed by atoms with van der Waals surface area (Å²) in [6, 6.07) is 15.9. The Kier molecular flexibility index (Phi) is 7.63. The molecule has 30 heavy (non-hydrogen) atoms. The lowest BCUT2D eigenvalue weighted by atomic mass is 10.0. The molecule has 1 heterocycles. The van der Waals surface area contributed by atoms with Gasteiger partial charge in [0.05, 0.1) is 12.2 Å². The number of benzene rings is 2. The van der Waals surface area contributed by atoms with Crippen LogP contribution in [0.15, 0.2) is 53.9 Å². The zero-order valence-electron chi connectivity index (χ0n) is 18.2. The van der Waals surface area contributed by atoms with E-state index in [1.165, 1.54) is 5.56 Å². The second-order valence-electron chi connectivity index (χ2n) is 7.76. The van der Waals surface area contributed by atoms with Gasteiger partial charge in [-0.2, -0.15) is 0 Å². The average Bonchev–Trinajstić information content (AvgIpc) is 3.19. The molecule has 0 unspecified atom stereocenters. The average molecular weight is 423 g/mol. The largest absolute Gasteiger partial charge is 0.486 e. The molecule has 1 amide bonds. The number of carbonyl (C=O) groups excluding carboxylic acids is 1. The first-order chi connectivity index (χ1) is 14.5. The number of amides is 1. The smallest absolute Gasteiger partial charge is 0.254 e. The van der Waals surface area contributed by atoms with Crippen LogP contribution >= 0.6 is 11.3 Å². The van der Waals surface area contributed by atoms with Crippen LogP contribution in [0.4, 0.5) is 0 Å². The molecular formula is C25H30N2O2S. The van der Waals surface area contributed by atoms with Gasteiger partial charge in [-0.05, 0) is 42.5 Å². The van der Waals surface area contributed by atoms with Gasteiger partial charge in [-0.15, -0.1) is 11.3 Å². The van der Waals surface area contributed by atoms with Gasteiger partial charge < -0.3 is 9.64 Å². The first kappa shape index (κ1) is 22.0. The minimum absolute atomic E-state index is 0.0617. The van der Waals surface area contributed by atoms with Gasteiger partial charge >= 0.3 is 0 Å². The molecule has 0 spiro atoms. The highest BCUT2D eigenvalue weighted by Crippen LogP contribution is 2.27. The van der Waals surface area contributed by atoms with Gasteiger partial charge in [0, 0.05) is 17.5 Å². The Labute approximate surface area is 183 Å². The van der Waals surface area contributed by atoms with Gasteiger partial charge in [0.25, 0.3) is 5.91 Å². The van der Waals surface area contributed by atoms with E-state index in [-0.39, 0.29) is 5.91 Å². The molecular weight excluding hydrogens is 392 g/mol. The summed E-state index contributed by atoms with van der Waals surface area (Å²) in [6.07, 6.45) is 0.906. The highest BCUT2D eigenvalue weighted by atomic mass is 32.1. The Bertz CT molecular complexity index is 981. The second-order valence-corrected chi connectivity index (χ2v) is 8.70. The number of ether oxygens (including phenoxy) is 1. The zero-order chi connectivity index (χ0) is 21.5. The minimum Gasteiger partial charge on any atom is -0.486 e. The predicted molar refractivity (Wildman–Crippen MR) is 123 cm³/mol. The van der Waals surface area contributed by atoms with Gasteiger partial charge in [0.2, 0.25) is 0 Å². The van der Waals surface area contributed by atoms with Crippen LogP contribution in [-0.2, 0) is 13.2 Å². The van der Waals surface area contributed by atoms with Gasteiger partial charge in [0.15, 0.2) is 0 Å². The molecule has 3 aromatic rings. The van der Waals surface area contributed by atoms with E-state index in [2.05, 4.69) is 26.8 Å². The molecule has 0 aliphatic rings. The molecule has 1 aromatic heterocycles. The third kappa shape index (κ3) is 5.48. The van der Waals surface area contributed by atoms with E-state index in [9.17, 15) is 4.79 Å². The molecule has 0 saturated heterocycles. The van der Waals surface area contributed by atoms with Crippen LogP contribution in [0.2, 0.25) is 0 Å². The highest BCUT2D eigenvalue weighted by Gasteiger charge is 2.18. The van der Waals surface area contributed by atoms with Gasteiger partial charge in [-0.3, -0.25) is 4.79 Å². The summed E-state index contributed by atoms with van der Waals surface area (Å²) in [4.78, 5) is 19.7. The molecule has 0 atom stereocenters. The summed E-state index contributed by atoms with van der Waals surface area (Å²) in [5.41, 5.74) is 3.87.